The van der Waals surface area contributed by atoms with Crippen LogP contribution < -0.4 is 4.90 Å². The molecule has 0 saturated carbocycles. The minimum Gasteiger partial charge on any atom is -0.450 e. The number of rotatable bonds is 5. The summed E-state index contributed by atoms with van der Waals surface area (Å²) in [6.07, 6.45) is -0.387. The van der Waals surface area contributed by atoms with Crippen LogP contribution in [0, 0.1) is 0 Å². The summed E-state index contributed by atoms with van der Waals surface area (Å²) in [7, 11) is -3.75. The molecule has 1 aromatic rings. The van der Waals surface area contributed by atoms with Crippen LogP contribution in [0.4, 0.5) is 10.5 Å². The van der Waals surface area contributed by atoms with Crippen LogP contribution in [0.2, 0.25) is 0 Å². The summed E-state index contributed by atoms with van der Waals surface area (Å²) in [5, 5.41) is 0. The number of nitrogens with zero attached hydrogens (tertiary/aromatic N) is 4. The van der Waals surface area contributed by atoms with Gasteiger partial charge in [0.25, 0.3) is 5.91 Å². The SMILES string of the molecule is CCOC(=O)N1CCN(C(=O)c2cc(S(=O)(=O)N3CCOCC3)ccc2N2CCOCC2)CC1. The van der Waals surface area contributed by atoms with Crippen LogP contribution in [-0.2, 0) is 24.2 Å². The van der Waals surface area contributed by atoms with Gasteiger partial charge in [0.15, 0.2) is 0 Å². The van der Waals surface area contributed by atoms with Crippen LogP contribution in [0.1, 0.15) is 17.3 Å². The van der Waals surface area contributed by atoms with E-state index in [4.69, 9.17) is 14.2 Å². The van der Waals surface area contributed by atoms with Crippen molar-refractivity contribution in [3.05, 3.63) is 23.8 Å². The monoisotopic (exact) mass is 496 g/mol. The molecule has 3 fully saturated rings. The second-order valence-electron chi connectivity index (χ2n) is 8.27. The Bertz CT molecular complexity index is 983. The van der Waals surface area contributed by atoms with Crippen molar-refractivity contribution in [3.8, 4) is 0 Å². The van der Waals surface area contributed by atoms with Gasteiger partial charge in [-0.3, -0.25) is 4.79 Å². The average molecular weight is 497 g/mol. The van der Waals surface area contributed by atoms with Crippen molar-refractivity contribution in [1.29, 1.82) is 0 Å². The Labute approximate surface area is 200 Å². The van der Waals surface area contributed by atoms with E-state index in [-0.39, 0.29) is 30.0 Å². The molecule has 0 radical (unpaired) electrons. The van der Waals surface area contributed by atoms with Gasteiger partial charge in [0.05, 0.1) is 43.5 Å². The van der Waals surface area contributed by atoms with E-state index in [1.807, 2.05) is 0 Å². The highest BCUT2D eigenvalue weighted by Crippen LogP contribution is 2.28. The summed E-state index contributed by atoms with van der Waals surface area (Å²) in [6.45, 7) is 7.06. The molecule has 3 heterocycles. The second kappa shape index (κ2) is 10.9. The topological polar surface area (TPSA) is 109 Å². The molecule has 0 atom stereocenters. The van der Waals surface area contributed by atoms with Gasteiger partial charge in [-0.2, -0.15) is 4.31 Å². The summed E-state index contributed by atoms with van der Waals surface area (Å²) in [5.74, 6) is -0.246. The third-order valence-electron chi connectivity index (χ3n) is 6.25. The Morgan fingerprint density at radius 2 is 1.47 bits per heavy atom. The fraction of sp³-hybridized carbons (Fsp3) is 0.636. The third kappa shape index (κ3) is 5.29. The summed E-state index contributed by atoms with van der Waals surface area (Å²) >= 11 is 0. The molecule has 3 aliphatic rings. The van der Waals surface area contributed by atoms with Crippen LogP contribution in [0.5, 0.6) is 0 Å². The molecule has 0 aliphatic carbocycles. The number of hydrogen-bond donors (Lipinski definition) is 0. The van der Waals surface area contributed by atoms with Gasteiger partial charge in [-0.05, 0) is 25.1 Å². The lowest BCUT2D eigenvalue weighted by Crippen LogP contribution is -2.51. The minimum atomic E-state index is -3.75. The highest BCUT2D eigenvalue weighted by molar-refractivity contribution is 7.89. The van der Waals surface area contributed by atoms with Crippen molar-refractivity contribution >= 4 is 27.7 Å². The van der Waals surface area contributed by atoms with E-state index in [9.17, 15) is 18.0 Å². The van der Waals surface area contributed by atoms with E-state index in [1.54, 1.807) is 28.9 Å². The van der Waals surface area contributed by atoms with Crippen molar-refractivity contribution in [2.75, 3.05) is 90.3 Å². The lowest BCUT2D eigenvalue weighted by molar-refractivity contribution is 0.0570. The number of morpholine rings is 2. The van der Waals surface area contributed by atoms with E-state index in [2.05, 4.69) is 4.90 Å². The molecule has 188 valence electrons. The first kappa shape index (κ1) is 24.7. The molecule has 3 saturated heterocycles. The Balaban J connectivity index is 1.60. The molecule has 12 heteroatoms. The Morgan fingerprint density at radius 1 is 0.882 bits per heavy atom. The molecule has 0 spiro atoms. The number of benzene rings is 1. The molecule has 0 N–H and O–H groups in total. The van der Waals surface area contributed by atoms with Crippen LogP contribution in [0.25, 0.3) is 0 Å². The Morgan fingerprint density at radius 3 is 2.09 bits per heavy atom. The molecule has 1 aromatic carbocycles. The van der Waals surface area contributed by atoms with Crippen LogP contribution in [0.15, 0.2) is 23.1 Å². The summed E-state index contributed by atoms with van der Waals surface area (Å²) < 4.78 is 43.7. The number of sulfonamides is 1. The van der Waals surface area contributed by atoms with Crippen LogP contribution in [0.3, 0.4) is 0 Å². The first-order valence-corrected chi connectivity index (χ1v) is 13.1. The van der Waals surface area contributed by atoms with E-state index in [1.165, 1.54) is 10.4 Å². The average Bonchev–Trinajstić information content (AvgIpc) is 2.89. The van der Waals surface area contributed by atoms with E-state index in [0.29, 0.717) is 83.6 Å². The van der Waals surface area contributed by atoms with Gasteiger partial charge in [0, 0.05) is 58.0 Å². The number of carbonyl (C=O) groups is 2. The zero-order chi connectivity index (χ0) is 24.1. The maximum atomic E-state index is 13.6. The Hall–Kier alpha value is -2.41. The van der Waals surface area contributed by atoms with Crippen LogP contribution in [-0.4, -0.2) is 120 Å². The lowest BCUT2D eigenvalue weighted by atomic mass is 10.1. The zero-order valence-electron chi connectivity index (χ0n) is 19.5. The molecular formula is C22H32N4O7S. The number of ether oxygens (including phenoxy) is 3. The second-order valence-corrected chi connectivity index (χ2v) is 10.2. The highest BCUT2D eigenvalue weighted by Gasteiger charge is 2.31. The smallest absolute Gasteiger partial charge is 0.409 e. The molecular weight excluding hydrogens is 464 g/mol. The molecule has 0 unspecified atom stereocenters. The fourth-order valence-corrected chi connectivity index (χ4v) is 5.77. The fourth-order valence-electron chi connectivity index (χ4n) is 4.34. The van der Waals surface area contributed by atoms with E-state index < -0.39 is 10.0 Å². The largest absolute Gasteiger partial charge is 0.450 e. The van der Waals surface area contributed by atoms with Crippen LogP contribution >= 0.6 is 0 Å². The number of amides is 2. The van der Waals surface area contributed by atoms with Crippen molar-refractivity contribution in [2.24, 2.45) is 0 Å². The summed E-state index contributed by atoms with van der Waals surface area (Å²) in [6, 6.07) is 4.79. The first-order chi connectivity index (χ1) is 16.4. The summed E-state index contributed by atoms with van der Waals surface area (Å²) in [5.41, 5.74) is 1.04. The maximum Gasteiger partial charge on any atom is 0.409 e. The Kier molecular flexibility index (Phi) is 7.91. The van der Waals surface area contributed by atoms with Gasteiger partial charge >= 0.3 is 6.09 Å². The van der Waals surface area contributed by atoms with E-state index in [0.717, 1.165) is 0 Å². The standard InChI is InChI=1S/C22H32N4O7S/c1-2-33-22(28)25-7-5-24(6-8-25)21(27)19-17-18(34(29,30)26-11-15-32-16-12-26)3-4-20(19)23-9-13-31-14-10-23/h3-4,17H,2,5-16H2,1H3. The van der Waals surface area contributed by atoms with Crippen molar-refractivity contribution in [3.63, 3.8) is 0 Å². The molecule has 0 aromatic heterocycles. The lowest BCUT2D eigenvalue weighted by Gasteiger charge is -2.36. The van der Waals surface area contributed by atoms with E-state index >= 15 is 0 Å². The van der Waals surface area contributed by atoms with Gasteiger partial charge in [-0.1, -0.05) is 0 Å². The molecule has 34 heavy (non-hydrogen) atoms. The van der Waals surface area contributed by atoms with Gasteiger partial charge in [0.2, 0.25) is 10.0 Å². The number of piperazine rings is 1. The van der Waals surface area contributed by atoms with Crippen molar-refractivity contribution in [2.45, 2.75) is 11.8 Å². The number of carbonyl (C=O) groups excluding carboxylic acids is 2. The van der Waals surface area contributed by atoms with Crippen molar-refractivity contribution in [1.82, 2.24) is 14.1 Å². The zero-order valence-corrected chi connectivity index (χ0v) is 20.3. The normalized spacial score (nSPS) is 20.3. The predicted octanol–water partition coefficient (Wildman–Crippen LogP) is 0.458. The van der Waals surface area contributed by atoms with Crippen molar-refractivity contribution < 1.29 is 32.2 Å². The molecule has 3 aliphatic heterocycles. The first-order valence-electron chi connectivity index (χ1n) is 11.7. The summed E-state index contributed by atoms with van der Waals surface area (Å²) in [4.78, 5) is 31.0. The number of anilines is 1. The third-order valence-corrected chi connectivity index (χ3v) is 8.15. The van der Waals surface area contributed by atoms with Gasteiger partial charge in [-0.15, -0.1) is 0 Å². The van der Waals surface area contributed by atoms with Gasteiger partial charge in [-0.25, -0.2) is 13.2 Å². The number of hydrogen-bond acceptors (Lipinski definition) is 8. The van der Waals surface area contributed by atoms with Gasteiger partial charge < -0.3 is 28.9 Å². The quantitative estimate of drug-likeness (QED) is 0.579. The molecule has 4 rings (SSSR count). The minimum absolute atomic E-state index is 0.0971. The molecule has 11 nitrogen and oxygen atoms in total. The van der Waals surface area contributed by atoms with Gasteiger partial charge in [0.1, 0.15) is 0 Å². The molecule has 2 amide bonds. The highest BCUT2D eigenvalue weighted by atomic mass is 32.2. The predicted molar refractivity (Wildman–Crippen MR) is 124 cm³/mol. The maximum absolute atomic E-state index is 13.6. The molecule has 0 bridgehead atoms.